The fourth-order valence-electron chi connectivity index (χ4n) is 2.67. The molecular weight excluding hydrogens is 269 g/mol. The summed E-state index contributed by atoms with van der Waals surface area (Å²) in [5.74, 6) is 0.948. The first kappa shape index (κ1) is 15.4. The summed E-state index contributed by atoms with van der Waals surface area (Å²) >= 11 is 0. The zero-order chi connectivity index (χ0) is 14.6. The second-order valence-electron chi connectivity index (χ2n) is 5.52. The molecule has 0 aliphatic carbocycles. The Labute approximate surface area is 117 Å². The normalized spacial score (nSPS) is 22.3. The van der Waals surface area contributed by atoms with Gasteiger partial charge in [-0.15, -0.1) is 0 Å². The Bertz CT molecular complexity index is 392. The first-order valence-corrected chi connectivity index (χ1v) is 7.00. The Morgan fingerprint density at radius 3 is 2.95 bits per heavy atom. The van der Waals surface area contributed by atoms with Crippen molar-refractivity contribution in [1.82, 2.24) is 10.2 Å². The van der Waals surface area contributed by atoms with E-state index in [-0.39, 0.29) is 12.1 Å². The lowest BCUT2D eigenvalue weighted by Gasteiger charge is -2.21. The highest BCUT2D eigenvalue weighted by molar-refractivity contribution is 4.98. The van der Waals surface area contributed by atoms with E-state index >= 15 is 0 Å². The van der Waals surface area contributed by atoms with E-state index < -0.39 is 12.7 Å². The van der Waals surface area contributed by atoms with Crippen molar-refractivity contribution in [3.8, 4) is 0 Å². The number of furan rings is 1. The van der Waals surface area contributed by atoms with Crippen LogP contribution < -0.4 is 5.32 Å². The van der Waals surface area contributed by atoms with Crippen LogP contribution in [0, 0.1) is 0 Å². The minimum atomic E-state index is -4.10. The third-order valence-corrected chi connectivity index (χ3v) is 3.60. The van der Waals surface area contributed by atoms with Crippen LogP contribution >= 0.6 is 0 Å². The minimum absolute atomic E-state index is 0.156. The summed E-state index contributed by atoms with van der Waals surface area (Å²) in [7, 11) is 0. The predicted molar refractivity (Wildman–Crippen MR) is 70.5 cm³/mol. The topological polar surface area (TPSA) is 28.4 Å². The number of halogens is 3. The van der Waals surface area contributed by atoms with Crippen LogP contribution in [0.15, 0.2) is 22.8 Å². The molecule has 2 rings (SSSR count). The largest absolute Gasteiger partial charge is 0.469 e. The summed E-state index contributed by atoms with van der Waals surface area (Å²) in [6.07, 6.45) is 0.101. The number of aryl methyl sites for hydroxylation is 1. The molecule has 2 atom stereocenters. The molecular formula is C14H21F3N2O. The van der Waals surface area contributed by atoms with E-state index in [1.165, 1.54) is 4.90 Å². The molecule has 1 N–H and O–H groups in total. The maximum absolute atomic E-state index is 12.3. The van der Waals surface area contributed by atoms with Crippen LogP contribution in [0.25, 0.3) is 0 Å². The third-order valence-electron chi connectivity index (χ3n) is 3.60. The lowest BCUT2D eigenvalue weighted by molar-refractivity contribution is -0.143. The molecule has 20 heavy (non-hydrogen) atoms. The molecule has 6 heteroatoms. The van der Waals surface area contributed by atoms with Crippen molar-refractivity contribution in [2.75, 3.05) is 19.6 Å². The van der Waals surface area contributed by atoms with E-state index in [9.17, 15) is 13.2 Å². The molecule has 1 aromatic rings. The molecule has 1 saturated heterocycles. The number of alkyl halides is 3. The van der Waals surface area contributed by atoms with Gasteiger partial charge in [-0.1, -0.05) is 0 Å². The summed E-state index contributed by atoms with van der Waals surface area (Å²) in [6.45, 7) is 2.26. The van der Waals surface area contributed by atoms with Crippen molar-refractivity contribution < 1.29 is 17.6 Å². The number of nitrogens with zero attached hydrogens (tertiary/aromatic N) is 1. The van der Waals surface area contributed by atoms with Gasteiger partial charge in [0.1, 0.15) is 5.76 Å². The smallest absolute Gasteiger partial charge is 0.401 e. The number of nitrogens with one attached hydrogen (secondary N) is 1. The van der Waals surface area contributed by atoms with Gasteiger partial charge in [0.05, 0.1) is 12.8 Å². The molecule has 1 aliphatic heterocycles. The minimum Gasteiger partial charge on any atom is -0.469 e. The van der Waals surface area contributed by atoms with Gasteiger partial charge in [0, 0.05) is 31.6 Å². The van der Waals surface area contributed by atoms with Crippen LogP contribution in [-0.2, 0) is 6.42 Å². The zero-order valence-electron chi connectivity index (χ0n) is 11.6. The Morgan fingerprint density at radius 1 is 1.50 bits per heavy atom. The van der Waals surface area contributed by atoms with Gasteiger partial charge < -0.3 is 9.73 Å². The van der Waals surface area contributed by atoms with Gasteiger partial charge in [-0.05, 0) is 31.9 Å². The van der Waals surface area contributed by atoms with E-state index in [0.29, 0.717) is 13.1 Å². The summed E-state index contributed by atoms with van der Waals surface area (Å²) in [5.41, 5.74) is 0. The van der Waals surface area contributed by atoms with Gasteiger partial charge in [0.25, 0.3) is 0 Å². The molecule has 0 unspecified atom stereocenters. The van der Waals surface area contributed by atoms with Crippen LogP contribution in [0.5, 0.6) is 0 Å². The highest BCUT2D eigenvalue weighted by Gasteiger charge is 2.34. The highest BCUT2D eigenvalue weighted by Crippen LogP contribution is 2.20. The van der Waals surface area contributed by atoms with E-state index in [1.54, 1.807) is 6.26 Å². The molecule has 1 fully saturated rings. The lowest BCUT2D eigenvalue weighted by Crippen LogP contribution is -2.40. The molecule has 0 saturated carbocycles. The van der Waals surface area contributed by atoms with Gasteiger partial charge in [-0.2, -0.15) is 13.2 Å². The van der Waals surface area contributed by atoms with Gasteiger partial charge in [0.15, 0.2) is 0 Å². The van der Waals surface area contributed by atoms with Gasteiger partial charge in [-0.3, -0.25) is 4.90 Å². The third kappa shape index (κ3) is 5.17. The Morgan fingerprint density at radius 2 is 2.30 bits per heavy atom. The second kappa shape index (κ2) is 6.63. The zero-order valence-corrected chi connectivity index (χ0v) is 11.6. The molecule has 1 aromatic heterocycles. The molecule has 1 aliphatic rings. The summed E-state index contributed by atoms with van der Waals surface area (Å²) in [5, 5.41) is 3.41. The van der Waals surface area contributed by atoms with E-state index in [0.717, 1.165) is 25.0 Å². The fraction of sp³-hybridized carbons (Fsp3) is 0.714. The molecule has 114 valence electrons. The fourth-order valence-corrected chi connectivity index (χ4v) is 2.67. The summed E-state index contributed by atoms with van der Waals surface area (Å²) in [6, 6.07) is 4.23. The maximum atomic E-state index is 12.3. The van der Waals surface area contributed by atoms with Crippen molar-refractivity contribution in [3.05, 3.63) is 24.2 Å². The number of likely N-dealkylation sites (tertiary alicyclic amines) is 1. The molecule has 2 heterocycles. The first-order valence-electron chi connectivity index (χ1n) is 7.00. The van der Waals surface area contributed by atoms with E-state index in [1.807, 2.05) is 12.1 Å². The molecule has 0 aromatic carbocycles. The summed E-state index contributed by atoms with van der Waals surface area (Å²) in [4.78, 5) is 1.47. The van der Waals surface area contributed by atoms with Crippen LogP contribution in [-0.4, -0.2) is 42.8 Å². The van der Waals surface area contributed by atoms with Crippen molar-refractivity contribution in [2.45, 2.75) is 44.4 Å². The Kier molecular flexibility index (Phi) is 5.10. The van der Waals surface area contributed by atoms with Crippen LogP contribution in [0.2, 0.25) is 0 Å². The number of rotatable bonds is 6. The second-order valence-corrected chi connectivity index (χ2v) is 5.52. The van der Waals surface area contributed by atoms with Gasteiger partial charge >= 0.3 is 6.18 Å². The van der Waals surface area contributed by atoms with Crippen molar-refractivity contribution in [2.24, 2.45) is 0 Å². The Balaban J connectivity index is 1.66. The van der Waals surface area contributed by atoms with Crippen molar-refractivity contribution in [1.29, 1.82) is 0 Å². The number of hydrogen-bond acceptors (Lipinski definition) is 3. The van der Waals surface area contributed by atoms with Crippen LogP contribution in [0.3, 0.4) is 0 Å². The molecule has 0 spiro atoms. The van der Waals surface area contributed by atoms with Crippen molar-refractivity contribution in [3.63, 3.8) is 0 Å². The van der Waals surface area contributed by atoms with Gasteiger partial charge in [-0.25, -0.2) is 0 Å². The van der Waals surface area contributed by atoms with Gasteiger partial charge in [0.2, 0.25) is 0 Å². The quantitative estimate of drug-likeness (QED) is 0.873. The average molecular weight is 290 g/mol. The van der Waals surface area contributed by atoms with Crippen molar-refractivity contribution >= 4 is 0 Å². The first-order chi connectivity index (χ1) is 9.42. The molecule has 0 bridgehead atoms. The molecule has 0 amide bonds. The molecule has 0 radical (unpaired) electrons. The SMILES string of the molecule is C[C@@H](CCc1ccco1)N[C@H]1CCN(CC(F)(F)F)C1. The highest BCUT2D eigenvalue weighted by atomic mass is 19.4. The van der Waals surface area contributed by atoms with Crippen LogP contribution in [0.1, 0.15) is 25.5 Å². The van der Waals surface area contributed by atoms with E-state index in [4.69, 9.17) is 4.42 Å². The Hall–Kier alpha value is -1.01. The van der Waals surface area contributed by atoms with Crippen LogP contribution in [0.4, 0.5) is 13.2 Å². The standard InChI is InChI=1S/C14H21F3N2O/c1-11(4-5-13-3-2-8-20-13)18-12-6-7-19(9-12)10-14(15,16)17/h2-3,8,11-12,18H,4-7,9-10H2,1H3/t11-,12-/m0/s1. The maximum Gasteiger partial charge on any atom is 0.401 e. The van der Waals surface area contributed by atoms with E-state index in [2.05, 4.69) is 12.2 Å². The lowest BCUT2D eigenvalue weighted by atomic mass is 10.1. The summed E-state index contributed by atoms with van der Waals surface area (Å²) < 4.78 is 42.2. The number of hydrogen-bond donors (Lipinski definition) is 1. The monoisotopic (exact) mass is 290 g/mol. The molecule has 3 nitrogen and oxygen atoms in total. The predicted octanol–water partition coefficient (Wildman–Crippen LogP) is 2.83. The average Bonchev–Trinajstić information content (AvgIpc) is 2.96.